The molecule has 5 rings (SSSR count). The van der Waals surface area contributed by atoms with E-state index >= 15 is 0 Å². The van der Waals surface area contributed by atoms with Crippen LogP contribution >= 0.6 is 0 Å². The molecule has 1 N–H and O–H groups in total. The summed E-state index contributed by atoms with van der Waals surface area (Å²) in [5, 5.41) is 3.92. The minimum Gasteiger partial charge on any atom is -0.480 e. The Balaban J connectivity index is 0.000000270. The molecule has 1 aromatic carbocycles. The zero-order valence-electron chi connectivity index (χ0n) is 21.5. The van der Waals surface area contributed by atoms with Crippen molar-refractivity contribution in [3.05, 3.63) is 96.8 Å². The standard InChI is InChI=1S/C23H22FN3.C7H10N2O/c1-3-6-19(13-9-16(2)24)27-22-8-5-4-7-20(22)26-21-14-12-18(15-23(21)27)25-17-10-11-17;1-8-6-4-3-5-9-7(6)10-2/h4-9,12-15,17H,2-3,10-11H2,1H3;3-5,8H,1-2H3/b13-9-,19-6+,25-18?;. The van der Waals surface area contributed by atoms with E-state index in [0.29, 0.717) is 11.9 Å². The Morgan fingerprint density at radius 1 is 1.19 bits per heavy atom. The third-order valence-electron chi connectivity index (χ3n) is 5.78. The van der Waals surface area contributed by atoms with Gasteiger partial charge in [-0.2, -0.15) is 0 Å². The van der Waals surface area contributed by atoms with E-state index in [1.165, 1.54) is 6.08 Å². The van der Waals surface area contributed by atoms with Crippen molar-refractivity contribution >= 4 is 22.4 Å². The first-order valence-corrected chi connectivity index (χ1v) is 12.4. The number of rotatable bonds is 7. The number of nitrogens with zero attached hydrogens (tertiary/aromatic N) is 4. The van der Waals surface area contributed by atoms with Crippen molar-refractivity contribution in [1.29, 1.82) is 0 Å². The van der Waals surface area contributed by atoms with Crippen molar-refractivity contribution in [3.8, 4) is 17.3 Å². The number of aromatic nitrogens is 3. The SMILES string of the molecule is C=C(F)/C=C\C(=C/CC)n1c2cc(=NC3CC3)ccc-2nc2ccccc21.CNc1cccnc1OC. The molecule has 1 aromatic heterocycles. The lowest BCUT2D eigenvalue weighted by atomic mass is 10.1. The molecule has 2 heterocycles. The fourth-order valence-electron chi connectivity index (χ4n) is 3.93. The number of ether oxygens (including phenoxy) is 1. The normalized spacial score (nSPS) is 14.1. The second-order valence-electron chi connectivity index (χ2n) is 8.60. The molecule has 2 aromatic rings. The van der Waals surface area contributed by atoms with Gasteiger partial charge in [-0.05, 0) is 73.9 Å². The Morgan fingerprint density at radius 3 is 2.68 bits per heavy atom. The van der Waals surface area contributed by atoms with Gasteiger partial charge in [0.1, 0.15) is 5.83 Å². The summed E-state index contributed by atoms with van der Waals surface area (Å²) in [5.41, 5.74) is 5.52. The molecule has 1 aliphatic heterocycles. The summed E-state index contributed by atoms with van der Waals surface area (Å²) >= 11 is 0. The summed E-state index contributed by atoms with van der Waals surface area (Å²) in [5.74, 6) is 0.162. The number of hydrogen-bond donors (Lipinski definition) is 1. The summed E-state index contributed by atoms with van der Waals surface area (Å²) in [6, 6.07) is 18.3. The average molecular weight is 498 g/mol. The van der Waals surface area contributed by atoms with Gasteiger partial charge >= 0.3 is 0 Å². The van der Waals surface area contributed by atoms with Crippen LogP contribution in [0.2, 0.25) is 0 Å². The molecule has 6 nitrogen and oxygen atoms in total. The van der Waals surface area contributed by atoms with Crippen molar-refractivity contribution < 1.29 is 9.13 Å². The van der Waals surface area contributed by atoms with Crippen LogP contribution in [0.3, 0.4) is 0 Å². The molecule has 0 atom stereocenters. The Kier molecular flexibility index (Phi) is 8.46. The molecular weight excluding hydrogens is 465 g/mol. The molecule has 7 heteroatoms. The molecule has 0 saturated heterocycles. The molecular formula is C30H32FN5O. The lowest BCUT2D eigenvalue weighted by Crippen LogP contribution is -2.11. The van der Waals surface area contributed by atoms with Crippen LogP contribution in [0.15, 0.2) is 96.4 Å². The average Bonchev–Trinajstić information content (AvgIpc) is 3.74. The first kappa shape index (κ1) is 25.8. The van der Waals surface area contributed by atoms with Crippen molar-refractivity contribution in [2.45, 2.75) is 32.2 Å². The van der Waals surface area contributed by atoms with Gasteiger partial charge in [0.15, 0.2) is 0 Å². The van der Waals surface area contributed by atoms with Gasteiger partial charge in [-0.15, -0.1) is 0 Å². The largest absolute Gasteiger partial charge is 0.480 e. The molecule has 0 unspecified atom stereocenters. The number of anilines is 1. The monoisotopic (exact) mass is 497 g/mol. The fraction of sp³-hybridized carbons (Fsp3) is 0.233. The maximum atomic E-state index is 13.3. The zero-order chi connectivity index (χ0) is 26.2. The van der Waals surface area contributed by atoms with E-state index in [9.17, 15) is 4.39 Å². The lowest BCUT2D eigenvalue weighted by molar-refractivity contribution is 0.400. The Hall–Kier alpha value is -4.26. The third-order valence-corrected chi connectivity index (χ3v) is 5.78. The zero-order valence-corrected chi connectivity index (χ0v) is 21.5. The number of methoxy groups -OCH3 is 1. The quantitative estimate of drug-likeness (QED) is 0.230. The van der Waals surface area contributed by atoms with Crippen molar-refractivity contribution in [1.82, 2.24) is 14.5 Å². The molecule has 37 heavy (non-hydrogen) atoms. The summed E-state index contributed by atoms with van der Waals surface area (Å²) in [6.45, 7) is 5.41. The molecule has 0 bridgehead atoms. The van der Waals surface area contributed by atoms with Gasteiger partial charge in [0.25, 0.3) is 0 Å². The minimum atomic E-state index is -0.468. The maximum absolute atomic E-state index is 13.3. The second kappa shape index (κ2) is 12.1. The smallest absolute Gasteiger partial charge is 0.237 e. The number of pyridine rings is 1. The molecule has 2 aliphatic carbocycles. The summed E-state index contributed by atoms with van der Waals surface area (Å²) in [6.07, 6.45) is 10.1. The number of benzene rings is 2. The first-order valence-electron chi connectivity index (χ1n) is 12.4. The van der Waals surface area contributed by atoms with E-state index in [1.54, 1.807) is 19.4 Å². The van der Waals surface area contributed by atoms with Gasteiger partial charge in [0.05, 0.1) is 46.6 Å². The predicted octanol–water partition coefficient (Wildman–Crippen LogP) is 6.63. The lowest BCUT2D eigenvalue weighted by Gasteiger charge is -2.19. The molecule has 0 amide bonds. The summed E-state index contributed by atoms with van der Waals surface area (Å²) in [4.78, 5) is 13.6. The number of fused-ring (bicyclic) bond motifs is 2. The van der Waals surface area contributed by atoms with Crippen LogP contribution in [0.4, 0.5) is 10.1 Å². The Morgan fingerprint density at radius 2 is 2.00 bits per heavy atom. The summed E-state index contributed by atoms with van der Waals surface area (Å²) in [7, 11) is 3.43. The van der Waals surface area contributed by atoms with Crippen molar-refractivity contribution in [2.24, 2.45) is 4.99 Å². The fourth-order valence-corrected chi connectivity index (χ4v) is 3.93. The van der Waals surface area contributed by atoms with E-state index in [0.717, 1.165) is 58.4 Å². The number of para-hydroxylation sites is 2. The number of allylic oxidation sites excluding steroid dienone is 5. The highest BCUT2D eigenvalue weighted by molar-refractivity contribution is 5.86. The third kappa shape index (κ3) is 6.50. The van der Waals surface area contributed by atoms with E-state index < -0.39 is 5.83 Å². The van der Waals surface area contributed by atoms with Gasteiger partial charge in [0, 0.05) is 18.9 Å². The summed E-state index contributed by atoms with van der Waals surface area (Å²) < 4.78 is 20.4. The highest BCUT2D eigenvalue weighted by Gasteiger charge is 2.20. The van der Waals surface area contributed by atoms with Gasteiger partial charge in [-0.1, -0.05) is 31.7 Å². The number of halogens is 1. The van der Waals surface area contributed by atoms with E-state index in [1.807, 2.05) is 55.6 Å². The van der Waals surface area contributed by atoms with Gasteiger partial charge in [0.2, 0.25) is 5.88 Å². The molecule has 190 valence electrons. The maximum Gasteiger partial charge on any atom is 0.237 e. The van der Waals surface area contributed by atoms with Crippen LogP contribution in [0.25, 0.3) is 28.1 Å². The van der Waals surface area contributed by atoms with Gasteiger partial charge < -0.3 is 14.6 Å². The van der Waals surface area contributed by atoms with E-state index in [4.69, 9.17) is 14.7 Å². The van der Waals surface area contributed by atoms with Crippen LogP contribution in [-0.4, -0.2) is 34.7 Å². The van der Waals surface area contributed by atoms with Crippen LogP contribution in [0.1, 0.15) is 26.2 Å². The van der Waals surface area contributed by atoms with E-state index in [2.05, 4.69) is 40.5 Å². The van der Waals surface area contributed by atoms with Crippen LogP contribution in [0.5, 0.6) is 5.88 Å². The van der Waals surface area contributed by atoms with E-state index in [-0.39, 0.29) is 0 Å². The van der Waals surface area contributed by atoms with Crippen LogP contribution in [0, 0.1) is 0 Å². The van der Waals surface area contributed by atoms with Crippen LogP contribution < -0.4 is 15.4 Å². The Labute approximate surface area is 216 Å². The molecule has 3 aliphatic rings. The molecule has 1 fully saturated rings. The number of nitrogens with one attached hydrogen (secondary N) is 1. The molecule has 1 saturated carbocycles. The topological polar surface area (TPSA) is 64.3 Å². The second-order valence-corrected chi connectivity index (χ2v) is 8.60. The van der Waals surface area contributed by atoms with Gasteiger partial charge in [-0.3, -0.25) is 4.99 Å². The first-order chi connectivity index (χ1) is 18.0. The van der Waals surface area contributed by atoms with Crippen molar-refractivity contribution in [3.63, 3.8) is 0 Å². The number of hydrogen-bond acceptors (Lipinski definition) is 5. The van der Waals surface area contributed by atoms with Gasteiger partial charge in [-0.25, -0.2) is 14.4 Å². The highest BCUT2D eigenvalue weighted by Crippen LogP contribution is 2.29. The molecule has 0 spiro atoms. The predicted molar refractivity (Wildman–Crippen MR) is 149 cm³/mol. The van der Waals surface area contributed by atoms with Crippen molar-refractivity contribution in [2.75, 3.05) is 19.5 Å². The Bertz CT molecular complexity index is 1460. The minimum absolute atomic E-state index is 0.449. The van der Waals surface area contributed by atoms with Crippen LogP contribution in [-0.2, 0) is 0 Å². The highest BCUT2D eigenvalue weighted by atomic mass is 19.1. The molecule has 0 radical (unpaired) electrons.